The molecule has 0 aliphatic rings. The quantitative estimate of drug-likeness (QED) is 0.443. The van der Waals surface area contributed by atoms with Crippen LogP contribution in [0.2, 0.25) is 0 Å². The molecule has 0 atom stereocenters. The van der Waals surface area contributed by atoms with E-state index in [4.69, 9.17) is 5.53 Å². The zero-order valence-corrected chi connectivity index (χ0v) is 10.7. The molecule has 0 radical (unpaired) electrons. The normalized spacial score (nSPS) is 10.4. The van der Waals surface area contributed by atoms with Crippen LogP contribution in [0.15, 0.2) is 51.7 Å². The first-order valence-corrected chi connectivity index (χ1v) is 5.91. The van der Waals surface area contributed by atoms with Crippen molar-refractivity contribution in [1.29, 1.82) is 0 Å². The summed E-state index contributed by atoms with van der Waals surface area (Å²) in [6.07, 6.45) is -0.740. The topological polar surface area (TPSA) is 99.8 Å². The van der Waals surface area contributed by atoms with Crippen LogP contribution in [0.4, 0.5) is 16.2 Å². The molecule has 7 heteroatoms. The number of benzene rings is 2. The molecule has 0 bridgehead atoms. The number of hydrogen-bond donors (Lipinski definition) is 0. The van der Waals surface area contributed by atoms with Crippen LogP contribution < -0.4 is 0 Å². The molecule has 20 heavy (non-hydrogen) atoms. The average Bonchev–Trinajstić information content (AvgIpc) is 2.46. The number of amides is 1. The summed E-state index contributed by atoms with van der Waals surface area (Å²) in [5.41, 5.74) is 9.52. The van der Waals surface area contributed by atoms with E-state index in [1.165, 1.54) is 0 Å². The van der Waals surface area contributed by atoms with Gasteiger partial charge < -0.3 is 4.74 Å². The Bertz CT molecular complexity index is 720. The second-order valence-electron chi connectivity index (χ2n) is 3.77. The molecule has 0 spiro atoms. The molecule has 0 N–H and O–H groups in total. The third kappa shape index (κ3) is 3.09. The molecule has 100 valence electrons. The number of azo groups is 1. The predicted octanol–water partition coefficient (Wildman–Crippen LogP) is 5.02. The number of azide groups is 1. The first-order chi connectivity index (χ1) is 9.74. The first-order valence-electron chi connectivity index (χ1n) is 5.91. The largest absolute Gasteiger partial charge is 0.452 e. The molecule has 2 aromatic rings. The van der Waals surface area contributed by atoms with E-state index >= 15 is 0 Å². The molecule has 7 nitrogen and oxygen atoms in total. The summed E-state index contributed by atoms with van der Waals surface area (Å²) < 4.78 is 4.65. The van der Waals surface area contributed by atoms with Crippen LogP contribution in [0.25, 0.3) is 21.2 Å². The van der Waals surface area contributed by atoms with E-state index in [0.29, 0.717) is 11.4 Å². The van der Waals surface area contributed by atoms with E-state index in [9.17, 15) is 4.79 Å². The number of ether oxygens (including phenoxy) is 1. The lowest BCUT2D eigenvalue weighted by Gasteiger charge is -2.02. The molecule has 0 heterocycles. The maximum atomic E-state index is 11.1. The van der Waals surface area contributed by atoms with Crippen molar-refractivity contribution >= 4 is 28.2 Å². The summed E-state index contributed by atoms with van der Waals surface area (Å²) in [6, 6.07) is 10.6. The molecular formula is C13H11N5O2. The molecule has 2 rings (SSSR count). The van der Waals surface area contributed by atoms with Crippen molar-refractivity contribution in [2.75, 3.05) is 6.61 Å². The van der Waals surface area contributed by atoms with Gasteiger partial charge in [0.05, 0.1) is 12.3 Å². The Balaban J connectivity index is 2.39. The van der Waals surface area contributed by atoms with Crippen LogP contribution in [-0.2, 0) is 4.74 Å². The van der Waals surface area contributed by atoms with E-state index < -0.39 is 6.09 Å². The van der Waals surface area contributed by atoms with Gasteiger partial charge in [0.25, 0.3) is 0 Å². The Morgan fingerprint density at radius 1 is 1.35 bits per heavy atom. The number of rotatable bonds is 3. The van der Waals surface area contributed by atoms with E-state index in [1.807, 2.05) is 12.1 Å². The second kappa shape index (κ2) is 6.31. The van der Waals surface area contributed by atoms with E-state index in [-0.39, 0.29) is 6.61 Å². The van der Waals surface area contributed by atoms with Gasteiger partial charge in [0.2, 0.25) is 0 Å². The van der Waals surface area contributed by atoms with Gasteiger partial charge >= 0.3 is 6.09 Å². The Hall–Kier alpha value is -2.92. The summed E-state index contributed by atoms with van der Waals surface area (Å²) in [4.78, 5) is 13.9. The van der Waals surface area contributed by atoms with Gasteiger partial charge in [0.15, 0.2) is 0 Å². The van der Waals surface area contributed by atoms with Crippen LogP contribution >= 0.6 is 0 Å². The number of hydrogen-bond acceptors (Lipinski definition) is 4. The summed E-state index contributed by atoms with van der Waals surface area (Å²) in [5, 5.41) is 12.5. The minimum absolute atomic E-state index is 0.247. The molecule has 0 aliphatic carbocycles. The minimum Gasteiger partial charge on any atom is -0.447 e. The van der Waals surface area contributed by atoms with Gasteiger partial charge in [-0.3, -0.25) is 0 Å². The third-order valence-electron chi connectivity index (χ3n) is 2.51. The van der Waals surface area contributed by atoms with Crippen LogP contribution in [0.5, 0.6) is 0 Å². The van der Waals surface area contributed by atoms with Gasteiger partial charge in [0, 0.05) is 10.6 Å². The van der Waals surface area contributed by atoms with Crippen molar-refractivity contribution in [2.45, 2.75) is 6.92 Å². The summed E-state index contributed by atoms with van der Waals surface area (Å²) in [6.45, 7) is 1.94. The van der Waals surface area contributed by atoms with Gasteiger partial charge in [-0.2, -0.15) is 0 Å². The highest BCUT2D eigenvalue weighted by Gasteiger charge is 2.02. The summed E-state index contributed by atoms with van der Waals surface area (Å²) in [5.74, 6) is 0. The standard InChI is InChI=1S/C13H11N5O2/c1-2-20-13(19)17-15-10-7-6-9-4-3-5-12(16-18-14)11(9)8-10/h3-8H,2H2,1H3. The zero-order chi connectivity index (χ0) is 14.4. The Labute approximate surface area is 114 Å². The van der Waals surface area contributed by atoms with Gasteiger partial charge in [0.1, 0.15) is 0 Å². The van der Waals surface area contributed by atoms with E-state index in [1.54, 1.807) is 31.2 Å². The Kier molecular flexibility index (Phi) is 4.26. The lowest BCUT2D eigenvalue weighted by atomic mass is 10.1. The SMILES string of the molecule is CCOC(=O)N=Nc1ccc2cccc(N=[N+]=[N-])c2c1. The van der Waals surface area contributed by atoms with Crippen LogP contribution in [0, 0.1) is 0 Å². The van der Waals surface area contributed by atoms with Crippen molar-refractivity contribution in [3.8, 4) is 0 Å². The van der Waals surface area contributed by atoms with Crippen molar-refractivity contribution in [3.05, 3.63) is 46.8 Å². The maximum Gasteiger partial charge on any atom is 0.452 e. The van der Waals surface area contributed by atoms with E-state index in [2.05, 4.69) is 25.0 Å². The zero-order valence-electron chi connectivity index (χ0n) is 10.7. The van der Waals surface area contributed by atoms with Gasteiger partial charge in [-0.15, -0.1) is 5.11 Å². The Morgan fingerprint density at radius 2 is 2.20 bits per heavy atom. The molecule has 0 saturated heterocycles. The molecule has 0 aliphatic heterocycles. The van der Waals surface area contributed by atoms with Crippen LogP contribution in [0.1, 0.15) is 6.92 Å². The van der Waals surface area contributed by atoms with Crippen molar-refractivity contribution in [2.24, 2.45) is 15.3 Å². The highest BCUT2D eigenvalue weighted by Crippen LogP contribution is 2.29. The fourth-order valence-corrected chi connectivity index (χ4v) is 1.69. The molecule has 0 saturated carbocycles. The fraction of sp³-hybridized carbons (Fsp3) is 0.154. The number of carbonyl (C=O) groups is 1. The Morgan fingerprint density at radius 3 is 2.95 bits per heavy atom. The van der Waals surface area contributed by atoms with Crippen LogP contribution in [0.3, 0.4) is 0 Å². The summed E-state index contributed by atoms with van der Waals surface area (Å²) in [7, 11) is 0. The molecule has 1 amide bonds. The molecule has 2 aromatic carbocycles. The molecule has 0 fully saturated rings. The number of fused-ring (bicyclic) bond motifs is 1. The van der Waals surface area contributed by atoms with Crippen molar-refractivity contribution in [3.63, 3.8) is 0 Å². The predicted molar refractivity (Wildman–Crippen MR) is 74.3 cm³/mol. The molecule has 0 aromatic heterocycles. The first kappa shape index (κ1) is 13.5. The van der Waals surface area contributed by atoms with Gasteiger partial charge in [-0.25, -0.2) is 4.79 Å². The lowest BCUT2D eigenvalue weighted by Crippen LogP contribution is -1.95. The number of carbonyl (C=O) groups excluding carboxylic acids is 1. The maximum absolute atomic E-state index is 11.1. The highest BCUT2D eigenvalue weighted by atomic mass is 16.5. The minimum atomic E-state index is -0.740. The fourth-order valence-electron chi connectivity index (χ4n) is 1.69. The van der Waals surface area contributed by atoms with Gasteiger partial charge in [-0.05, 0) is 35.4 Å². The van der Waals surface area contributed by atoms with Crippen molar-refractivity contribution < 1.29 is 9.53 Å². The average molecular weight is 269 g/mol. The van der Waals surface area contributed by atoms with Gasteiger partial charge in [-0.1, -0.05) is 34.5 Å². The smallest absolute Gasteiger partial charge is 0.447 e. The number of nitrogens with zero attached hydrogens (tertiary/aromatic N) is 5. The highest BCUT2D eigenvalue weighted by molar-refractivity contribution is 5.94. The summed E-state index contributed by atoms with van der Waals surface area (Å²) >= 11 is 0. The monoisotopic (exact) mass is 269 g/mol. The van der Waals surface area contributed by atoms with E-state index in [0.717, 1.165) is 10.8 Å². The molecular weight excluding hydrogens is 258 g/mol. The molecule has 0 unspecified atom stereocenters. The third-order valence-corrected chi connectivity index (χ3v) is 2.51. The van der Waals surface area contributed by atoms with Crippen LogP contribution in [-0.4, -0.2) is 12.7 Å². The lowest BCUT2D eigenvalue weighted by molar-refractivity contribution is 0.162. The van der Waals surface area contributed by atoms with Crippen molar-refractivity contribution in [1.82, 2.24) is 0 Å². The second-order valence-corrected chi connectivity index (χ2v) is 3.77.